The van der Waals surface area contributed by atoms with Crippen LogP contribution < -0.4 is 0 Å². The minimum Gasteiger partial charge on any atom is -0.380 e. The number of methoxy groups -OCH3 is 1. The molecule has 0 atom stereocenters. The van der Waals surface area contributed by atoms with Gasteiger partial charge in [-0.25, -0.2) is 0 Å². The molecule has 0 radical (unpaired) electrons. The lowest BCUT2D eigenvalue weighted by Gasteiger charge is -2.26. The second-order valence-corrected chi connectivity index (χ2v) is 5.13. The maximum absolute atomic E-state index is 12.4. The molecule has 1 aromatic rings. The highest BCUT2D eigenvalue weighted by molar-refractivity contribution is 6.32. The number of nitrogens with zero attached hydrogens (tertiary/aromatic N) is 2. The summed E-state index contributed by atoms with van der Waals surface area (Å²) in [6, 6.07) is 4.11. The third-order valence-corrected chi connectivity index (χ3v) is 3.63. The number of carbonyl (C=O) groups excluding carboxylic acids is 1. The fourth-order valence-electron chi connectivity index (χ4n) is 2.18. The lowest BCUT2D eigenvalue weighted by molar-refractivity contribution is -0.384. The van der Waals surface area contributed by atoms with E-state index in [-0.39, 0.29) is 22.2 Å². The summed E-state index contributed by atoms with van der Waals surface area (Å²) >= 11 is 5.75. The number of hydrogen-bond acceptors (Lipinski definition) is 4. The van der Waals surface area contributed by atoms with Gasteiger partial charge in [-0.15, -0.1) is 0 Å². The third-order valence-electron chi connectivity index (χ3n) is 3.31. The number of benzene rings is 1. The van der Waals surface area contributed by atoms with E-state index in [0.29, 0.717) is 19.7 Å². The van der Waals surface area contributed by atoms with Crippen molar-refractivity contribution in [1.29, 1.82) is 0 Å². The molecule has 0 spiro atoms. The molecule has 1 amide bonds. The number of rotatable bonds is 4. The molecule has 0 saturated heterocycles. The SMILES string of the molecule is COCC1=CCN(C(=O)c2ccc(Cl)c([N+](=O)[O-])c2)CC1. The van der Waals surface area contributed by atoms with Gasteiger partial charge in [0.15, 0.2) is 0 Å². The Balaban J connectivity index is 2.14. The quantitative estimate of drug-likeness (QED) is 0.487. The Morgan fingerprint density at radius 1 is 1.52 bits per heavy atom. The standard InChI is InChI=1S/C14H15ClN2O4/c1-21-9-10-4-6-16(7-5-10)14(18)11-2-3-12(15)13(8-11)17(19)20/h2-4,8H,5-7,9H2,1H3. The molecule has 2 rings (SSSR count). The molecule has 1 aliphatic rings. The molecule has 0 bridgehead atoms. The van der Waals surface area contributed by atoms with Crippen LogP contribution in [0.2, 0.25) is 5.02 Å². The fourth-order valence-corrected chi connectivity index (χ4v) is 2.37. The number of hydrogen-bond donors (Lipinski definition) is 0. The molecule has 0 unspecified atom stereocenters. The topological polar surface area (TPSA) is 72.7 Å². The molecule has 0 N–H and O–H groups in total. The van der Waals surface area contributed by atoms with E-state index in [9.17, 15) is 14.9 Å². The number of amides is 1. The average Bonchev–Trinajstić information content (AvgIpc) is 2.48. The summed E-state index contributed by atoms with van der Waals surface area (Å²) in [6.45, 7) is 1.62. The van der Waals surface area contributed by atoms with Gasteiger partial charge in [0.05, 0.1) is 11.5 Å². The molecule has 0 saturated carbocycles. The van der Waals surface area contributed by atoms with Crippen molar-refractivity contribution in [3.63, 3.8) is 0 Å². The van der Waals surface area contributed by atoms with Crippen LogP contribution >= 0.6 is 11.6 Å². The van der Waals surface area contributed by atoms with Gasteiger partial charge >= 0.3 is 0 Å². The maximum atomic E-state index is 12.4. The summed E-state index contributed by atoms with van der Waals surface area (Å²) in [5.41, 5.74) is 1.17. The monoisotopic (exact) mass is 310 g/mol. The van der Waals surface area contributed by atoms with Crippen molar-refractivity contribution in [3.8, 4) is 0 Å². The van der Waals surface area contributed by atoms with E-state index in [2.05, 4.69) is 0 Å². The van der Waals surface area contributed by atoms with Crippen molar-refractivity contribution in [1.82, 2.24) is 4.90 Å². The van der Waals surface area contributed by atoms with Crippen LogP contribution in [0.25, 0.3) is 0 Å². The lowest BCUT2D eigenvalue weighted by Crippen LogP contribution is -2.35. The van der Waals surface area contributed by atoms with Crippen LogP contribution in [0.3, 0.4) is 0 Å². The van der Waals surface area contributed by atoms with Gasteiger partial charge in [0.25, 0.3) is 11.6 Å². The lowest BCUT2D eigenvalue weighted by atomic mass is 10.1. The Kier molecular flexibility index (Phi) is 4.93. The van der Waals surface area contributed by atoms with E-state index in [4.69, 9.17) is 16.3 Å². The Labute approximate surface area is 127 Å². The number of carbonyl (C=O) groups is 1. The van der Waals surface area contributed by atoms with Gasteiger partial charge in [-0.2, -0.15) is 0 Å². The summed E-state index contributed by atoms with van der Waals surface area (Å²) in [5, 5.41) is 10.9. The Morgan fingerprint density at radius 3 is 2.86 bits per heavy atom. The molecule has 1 heterocycles. The molecule has 1 aromatic carbocycles. The summed E-state index contributed by atoms with van der Waals surface area (Å²) in [6.07, 6.45) is 2.70. The van der Waals surface area contributed by atoms with E-state index in [1.807, 2.05) is 6.08 Å². The average molecular weight is 311 g/mol. The second kappa shape index (κ2) is 6.69. The zero-order valence-electron chi connectivity index (χ0n) is 11.5. The summed E-state index contributed by atoms with van der Waals surface area (Å²) in [5.74, 6) is -0.234. The number of nitro groups is 1. The van der Waals surface area contributed by atoms with Crippen molar-refractivity contribution in [2.75, 3.05) is 26.8 Å². The minimum atomic E-state index is -0.591. The van der Waals surface area contributed by atoms with Crippen molar-refractivity contribution in [3.05, 3.63) is 50.5 Å². The molecular formula is C14H15ClN2O4. The van der Waals surface area contributed by atoms with E-state index in [1.54, 1.807) is 12.0 Å². The third kappa shape index (κ3) is 3.59. The van der Waals surface area contributed by atoms with Gasteiger partial charge in [-0.3, -0.25) is 14.9 Å². The highest BCUT2D eigenvalue weighted by Gasteiger charge is 2.22. The first-order chi connectivity index (χ1) is 10.0. The second-order valence-electron chi connectivity index (χ2n) is 4.72. The van der Waals surface area contributed by atoms with E-state index in [0.717, 1.165) is 12.0 Å². The minimum absolute atomic E-state index is 0.0254. The van der Waals surface area contributed by atoms with Crippen molar-refractivity contribution in [2.45, 2.75) is 6.42 Å². The summed E-state index contributed by atoms with van der Waals surface area (Å²) in [7, 11) is 1.63. The van der Waals surface area contributed by atoms with Crippen LogP contribution in [0.4, 0.5) is 5.69 Å². The summed E-state index contributed by atoms with van der Waals surface area (Å²) in [4.78, 5) is 24.3. The number of nitro benzene ring substituents is 1. The largest absolute Gasteiger partial charge is 0.380 e. The van der Waals surface area contributed by atoms with Gasteiger partial charge in [0.2, 0.25) is 0 Å². The zero-order chi connectivity index (χ0) is 15.4. The van der Waals surface area contributed by atoms with Crippen LogP contribution in [-0.2, 0) is 4.74 Å². The molecule has 0 aliphatic carbocycles. The first-order valence-electron chi connectivity index (χ1n) is 6.43. The van der Waals surface area contributed by atoms with Crippen LogP contribution in [-0.4, -0.2) is 42.5 Å². The van der Waals surface area contributed by atoms with Crippen molar-refractivity contribution >= 4 is 23.2 Å². The van der Waals surface area contributed by atoms with Gasteiger partial charge in [0.1, 0.15) is 5.02 Å². The maximum Gasteiger partial charge on any atom is 0.288 e. The number of halogens is 1. The van der Waals surface area contributed by atoms with E-state index in [1.165, 1.54) is 18.2 Å². The first-order valence-corrected chi connectivity index (χ1v) is 6.80. The Morgan fingerprint density at radius 2 is 2.29 bits per heavy atom. The fraction of sp³-hybridized carbons (Fsp3) is 0.357. The molecule has 0 fully saturated rings. The first kappa shape index (κ1) is 15.5. The van der Waals surface area contributed by atoms with Crippen LogP contribution in [0.5, 0.6) is 0 Å². The highest BCUT2D eigenvalue weighted by atomic mass is 35.5. The predicted octanol–water partition coefficient (Wildman–Crippen LogP) is 2.67. The van der Waals surface area contributed by atoms with Gasteiger partial charge in [-0.05, 0) is 24.1 Å². The van der Waals surface area contributed by atoms with Crippen molar-refractivity contribution in [2.24, 2.45) is 0 Å². The van der Waals surface area contributed by atoms with Crippen LogP contribution in [0.15, 0.2) is 29.8 Å². The van der Waals surface area contributed by atoms with Gasteiger partial charge in [0, 0.05) is 31.8 Å². The Bertz CT molecular complexity index is 601. The zero-order valence-corrected chi connectivity index (χ0v) is 12.3. The van der Waals surface area contributed by atoms with Gasteiger partial charge in [-0.1, -0.05) is 17.7 Å². The highest BCUT2D eigenvalue weighted by Crippen LogP contribution is 2.26. The Hall–Kier alpha value is -1.92. The molecule has 7 heteroatoms. The molecule has 6 nitrogen and oxygen atoms in total. The van der Waals surface area contributed by atoms with Crippen LogP contribution in [0, 0.1) is 10.1 Å². The van der Waals surface area contributed by atoms with Crippen molar-refractivity contribution < 1.29 is 14.5 Å². The molecule has 1 aliphatic heterocycles. The normalized spacial score (nSPS) is 14.8. The smallest absolute Gasteiger partial charge is 0.288 e. The molecule has 0 aromatic heterocycles. The van der Waals surface area contributed by atoms with Gasteiger partial charge < -0.3 is 9.64 Å². The van der Waals surface area contributed by atoms with E-state index < -0.39 is 4.92 Å². The summed E-state index contributed by atoms with van der Waals surface area (Å²) < 4.78 is 5.06. The molecule has 112 valence electrons. The van der Waals surface area contributed by atoms with Crippen LogP contribution in [0.1, 0.15) is 16.8 Å². The molecule has 21 heavy (non-hydrogen) atoms. The van der Waals surface area contributed by atoms with E-state index >= 15 is 0 Å². The molecular weight excluding hydrogens is 296 g/mol. The number of ether oxygens (including phenoxy) is 1. The predicted molar refractivity (Wildman–Crippen MR) is 78.6 cm³/mol.